The molecule has 1 unspecified atom stereocenters. The lowest BCUT2D eigenvalue weighted by Gasteiger charge is -2.46. The van der Waals surface area contributed by atoms with Crippen molar-refractivity contribution in [1.29, 1.82) is 0 Å². The summed E-state index contributed by atoms with van der Waals surface area (Å²) in [5, 5.41) is 16.5. The number of benzene rings is 4. The number of cyclic esters (lactones) is 1. The number of carboxylic acid groups (broad SMARTS) is 1. The fraction of sp³-hybridized carbons (Fsp3) is 0.458. The molecule has 1 saturated heterocycles. The summed E-state index contributed by atoms with van der Waals surface area (Å²) in [5.41, 5.74) is 1.08. The monoisotopic (exact) mass is 1160 g/mol. The number of aromatic nitrogens is 4. The van der Waals surface area contributed by atoms with Gasteiger partial charge >= 0.3 is 31.0 Å². The minimum atomic E-state index is -5.21. The normalized spacial score (nSPS) is 18.9. The zero-order valence-electron chi connectivity index (χ0n) is 47.7. The molecule has 3 aliphatic rings. The van der Waals surface area contributed by atoms with Crippen LogP contribution in [0.4, 0.5) is 69.7 Å². The molecule has 9 rings (SSSR count). The molecular formula is C59H65F6N8O10. The summed E-state index contributed by atoms with van der Waals surface area (Å²) in [6, 6.07) is 12.9. The quantitative estimate of drug-likeness (QED) is 0.0686. The van der Waals surface area contributed by atoms with E-state index in [-0.39, 0.29) is 91.5 Å². The number of hydrogen-bond acceptors (Lipinski definition) is 12. The number of carbonyl (C=O) groups is 5. The Morgan fingerprint density at radius 3 is 1.71 bits per heavy atom. The third kappa shape index (κ3) is 12.7. The van der Waals surface area contributed by atoms with Crippen molar-refractivity contribution in [1.82, 2.24) is 24.4 Å². The van der Waals surface area contributed by atoms with Gasteiger partial charge in [-0.1, -0.05) is 55.4 Å². The molecule has 443 valence electrons. The molecule has 18 nitrogen and oxygen atoms in total. The Labute approximate surface area is 474 Å². The van der Waals surface area contributed by atoms with Crippen molar-refractivity contribution in [2.24, 2.45) is 21.7 Å². The van der Waals surface area contributed by atoms with Crippen LogP contribution in [0.1, 0.15) is 141 Å². The maximum Gasteiger partial charge on any atom is 0.573 e. The number of carbonyl (C=O) groups excluding carboxylic acids is 4. The van der Waals surface area contributed by atoms with Gasteiger partial charge in [0, 0.05) is 23.7 Å². The first-order valence-corrected chi connectivity index (χ1v) is 27.0. The van der Waals surface area contributed by atoms with Gasteiger partial charge in [0.2, 0.25) is 18.0 Å². The third-order valence-electron chi connectivity index (χ3n) is 15.3. The Kier molecular flexibility index (Phi) is 15.3. The van der Waals surface area contributed by atoms with Gasteiger partial charge in [-0.15, -0.1) is 26.3 Å². The number of nitrogens with zero attached hydrogens (tertiary/aromatic N) is 6. The summed E-state index contributed by atoms with van der Waals surface area (Å²) in [6.07, 6.45) is -10.7. The second-order valence-corrected chi connectivity index (χ2v) is 24.9. The average Bonchev–Trinajstić information content (AvgIpc) is 3.01. The van der Waals surface area contributed by atoms with Crippen LogP contribution in [-0.2, 0) is 19.1 Å². The summed E-state index contributed by atoms with van der Waals surface area (Å²) < 4.78 is 105. The smallest absolute Gasteiger partial charge is 0.464 e. The highest BCUT2D eigenvalue weighted by molar-refractivity contribution is 6.03. The van der Waals surface area contributed by atoms with E-state index >= 15 is 0 Å². The topological polar surface area (TPSA) is 209 Å². The zero-order valence-corrected chi connectivity index (χ0v) is 47.7. The molecule has 2 aliphatic carbocycles. The second-order valence-electron chi connectivity index (χ2n) is 24.9. The van der Waals surface area contributed by atoms with Crippen molar-refractivity contribution in [3.05, 3.63) is 95.0 Å². The van der Waals surface area contributed by atoms with Crippen LogP contribution in [0.2, 0.25) is 0 Å². The first-order chi connectivity index (χ1) is 38.5. The predicted molar refractivity (Wildman–Crippen MR) is 295 cm³/mol. The van der Waals surface area contributed by atoms with Crippen LogP contribution < -0.4 is 29.9 Å². The molecule has 4 amide bonds. The highest BCUT2D eigenvalue weighted by atomic mass is 19.4. The van der Waals surface area contributed by atoms with Gasteiger partial charge in [0.1, 0.15) is 11.5 Å². The van der Waals surface area contributed by atoms with Gasteiger partial charge in [0.25, 0.3) is 5.91 Å². The molecule has 24 heteroatoms. The first-order valence-electron chi connectivity index (χ1n) is 27.0. The lowest BCUT2D eigenvalue weighted by molar-refractivity contribution is -0.275. The minimum Gasteiger partial charge on any atom is -0.464 e. The van der Waals surface area contributed by atoms with E-state index in [0.29, 0.717) is 54.1 Å². The van der Waals surface area contributed by atoms with Crippen LogP contribution in [0, 0.1) is 41.5 Å². The van der Waals surface area contributed by atoms with Crippen molar-refractivity contribution < 1.29 is 74.4 Å². The number of ether oxygens (including phenoxy) is 4. The third-order valence-corrected chi connectivity index (χ3v) is 15.3. The number of fused-ring (bicyclic) bond motifs is 2. The number of alkyl halides is 6. The van der Waals surface area contributed by atoms with Crippen LogP contribution in [0.5, 0.6) is 11.5 Å². The van der Waals surface area contributed by atoms with Gasteiger partial charge in [-0.2, -0.15) is 0 Å². The molecule has 83 heavy (non-hydrogen) atoms. The Bertz CT molecular complexity index is 3520. The maximum atomic E-state index is 14.2. The van der Waals surface area contributed by atoms with Gasteiger partial charge in [0.05, 0.1) is 45.7 Å². The van der Waals surface area contributed by atoms with Crippen LogP contribution in [0.3, 0.4) is 0 Å². The van der Waals surface area contributed by atoms with E-state index in [9.17, 15) is 55.4 Å². The summed E-state index contributed by atoms with van der Waals surface area (Å²) in [6.45, 7) is 21.7. The molecule has 1 atom stereocenters. The van der Waals surface area contributed by atoms with Crippen LogP contribution in [0.25, 0.3) is 22.1 Å². The number of aryl methyl sites for hydroxylation is 2. The molecule has 4 aromatic carbocycles. The number of anilines is 5. The number of imide groups is 1. The lowest BCUT2D eigenvalue weighted by Crippen LogP contribution is -2.37. The van der Waals surface area contributed by atoms with E-state index in [2.05, 4.69) is 75.5 Å². The van der Waals surface area contributed by atoms with E-state index in [1.807, 2.05) is 4.57 Å². The van der Waals surface area contributed by atoms with Gasteiger partial charge in [-0.3, -0.25) is 10.1 Å². The molecule has 0 spiro atoms. The zero-order chi connectivity index (χ0) is 60.7. The molecule has 2 saturated carbocycles. The second kappa shape index (κ2) is 21.3. The summed E-state index contributed by atoms with van der Waals surface area (Å²) in [4.78, 5) is 78.9. The Morgan fingerprint density at radius 1 is 0.735 bits per heavy atom. The van der Waals surface area contributed by atoms with Crippen LogP contribution >= 0.6 is 0 Å². The van der Waals surface area contributed by atoms with E-state index in [1.54, 1.807) is 37.5 Å². The number of alkyl carbamates (subject to hydrolysis) is 1. The summed E-state index contributed by atoms with van der Waals surface area (Å²) in [7, 11) is 0. The molecular weight excluding hydrogens is 1090 g/mol. The van der Waals surface area contributed by atoms with E-state index in [1.165, 1.54) is 24.3 Å². The number of nitrogens with one attached hydrogen (secondary N) is 2. The van der Waals surface area contributed by atoms with Crippen LogP contribution in [0.15, 0.2) is 66.7 Å². The lowest BCUT2D eigenvalue weighted by atomic mass is 9.63. The van der Waals surface area contributed by atoms with Crippen molar-refractivity contribution in [3.8, 4) is 11.5 Å². The maximum absolute atomic E-state index is 14.2. The van der Waals surface area contributed by atoms with Gasteiger partial charge in [-0.05, 0) is 158 Å². The standard InChI is InChI=1S/C59H65F6N8O10/c1-12-80-53(79)72(33-13-15-36(16-14-33)82-58(60,61)62)49-67-41-22-38(31(2)19-45(41)70(49)34-24-54(4,5)29-55(6,7)25-34)43(28-74)66-40-21-37(83-59(63,64)65)17-18-44(40)73(52(77)78)50-68-42-23-39(47-48(75)69-51(76)81-47)32(3)20-46(42)71(50)35-26-56(8,9)30-57(10,11)27-35/h13-23,28,34-35,47,66H,12,24-27,29-30H2,1-11H3,(H,77,78)(H,69,75,76). The number of hydrogen-bond donors (Lipinski definition) is 3. The van der Waals surface area contributed by atoms with Gasteiger partial charge in [-0.25, -0.2) is 34.2 Å². The minimum absolute atomic E-state index is 0.0254. The van der Waals surface area contributed by atoms with Crippen molar-refractivity contribution in [2.75, 3.05) is 21.7 Å². The molecule has 0 bridgehead atoms. The first kappa shape index (κ1) is 59.6. The molecule has 1 radical (unpaired) electrons. The van der Waals surface area contributed by atoms with E-state index in [0.717, 1.165) is 53.0 Å². The summed E-state index contributed by atoms with van der Waals surface area (Å²) in [5.74, 6) is -2.20. The SMILES string of the molecule is CCOC(=O)N(c1ccc(OC(F)(F)F)cc1)c1nc2cc([C](C=O)Nc3cc(OC(F)(F)F)ccc3N(C(=O)O)c3nc4cc(C5OC(=O)NC5=O)c(C)cc4n3C3CC(C)(C)CC(C)(C)C3)c(C)cc2n1C1CC(C)(C)CC(C)(C)C1. The fourth-order valence-electron chi connectivity index (χ4n) is 13.5. The molecule has 3 heterocycles. The van der Waals surface area contributed by atoms with Crippen molar-refractivity contribution >= 4 is 81.5 Å². The highest BCUT2D eigenvalue weighted by Gasteiger charge is 2.45. The fourth-order valence-corrected chi connectivity index (χ4v) is 13.5. The molecule has 1 aliphatic heterocycles. The van der Waals surface area contributed by atoms with E-state index in [4.69, 9.17) is 19.4 Å². The molecule has 6 aromatic rings. The summed E-state index contributed by atoms with van der Waals surface area (Å²) >= 11 is 0. The van der Waals surface area contributed by atoms with Crippen LogP contribution in [-0.4, -0.2) is 74.0 Å². The average molecular weight is 1160 g/mol. The number of rotatable bonds is 14. The largest absolute Gasteiger partial charge is 0.573 e. The Hall–Kier alpha value is -8.05. The van der Waals surface area contributed by atoms with Gasteiger partial charge < -0.3 is 43.3 Å². The molecule has 3 N–H and O–H groups in total. The Morgan fingerprint density at radius 2 is 1.23 bits per heavy atom. The predicted octanol–water partition coefficient (Wildman–Crippen LogP) is 15.0. The van der Waals surface area contributed by atoms with Crippen molar-refractivity contribution in [2.45, 2.75) is 146 Å². The van der Waals surface area contributed by atoms with E-state index < -0.39 is 60.6 Å². The molecule has 2 aromatic heterocycles. The highest BCUT2D eigenvalue weighted by Crippen LogP contribution is 2.54. The number of amides is 4. The van der Waals surface area contributed by atoms with Gasteiger partial charge in [0.15, 0.2) is 12.3 Å². The Balaban J connectivity index is 1.22. The van der Waals surface area contributed by atoms with Crippen molar-refractivity contribution in [3.63, 3.8) is 0 Å². The molecule has 3 fully saturated rings. The number of imidazole rings is 2. The number of halogens is 6. The number of aldehydes is 1.